The number of hydrogen-bond donors (Lipinski definition) is 3. The minimum atomic E-state index is -3.57. The van der Waals surface area contributed by atoms with Gasteiger partial charge in [0.25, 0.3) is 10.2 Å². The van der Waals surface area contributed by atoms with Crippen LogP contribution in [0.25, 0.3) is 10.9 Å². The van der Waals surface area contributed by atoms with Gasteiger partial charge >= 0.3 is 0 Å². The van der Waals surface area contributed by atoms with Crippen molar-refractivity contribution in [3.63, 3.8) is 0 Å². The van der Waals surface area contributed by atoms with E-state index in [4.69, 9.17) is 0 Å². The molecule has 1 aromatic heterocycles. The molecule has 0 radical (unpaired) electrons. The smallest absolute Gasteiger partial charge is 0.279 e. The van der Waals surface area contributed by atoms with Crippen LogP contribution in [0.3, 0.4) is 0 Å². The fourth-order valence-corrected chi connectivity index (χ4v) is 2.60. The Balaban J connectivity index is 1.80. The summed E-state index contributed by atoms with van der Waals surface area (Å²) < 4.78 is 26.2. The van der Waals surface area contributed by atoms with Crippen LogP contribution in [-0.2, 0) is 21.4 Å². The van der Waals surface area contributed by atoms with Gasteiger partial charge in [0, 0.05) is 37.7 Å². The summed E-state index contributed by atoms with van der Waals surface area (Å²) >= 11 is 0. The predicted molar refractivity (Wildman–Crippen MR) is 85.6 cm³/mol. The van der Waals surface area contributed by atoms with Gasteiger partial charge < -0.3 is 10.3 Å². The van der Waals surface area contributed by atoms with E-state index < -0.39 is 10.2 Å². The Morgan fingerprint density at radius 3 is 2.73 bits per heavy atom. The average Bonchev–Trinajstić information content (AvgIpc) is 2.89. The largest absolute Gasteiger partial charge is 0.361 e. The van der Waals surface area contributed by atoms with Gasteiger partial charge in [-0.1, -0.05) is 18.2 Å². The Hall–Kier alpha value is -1.90. The third-order valence-electron chi connectivity index (χ3n) is 3.29. The molecule has 0 unspecified atom stereocenters. The lowest BCUT2D eigenvalue weighted by atomic mass is 10.1. The van der Waals surface area contributed by atoms with E-state index in [0.717, 1.165) is 20.8 Å². The fraction of sp³-hybridized carbons (Fsp3) is 0.357. The van der Waals surface area contributed by atoms with Crippen molar-refractivity contribution < 1.29 is 13.2 Å². The number of hydrogen-bond acceptors (Lipinski definition) is 3. The first kappa shape index (κ1) is 16.5. The molecule has 2 rings (SSSR count). The summed E-state index contributed by atoms with van der Waals surface area (Å²) in [6.45, 7) is 0.179. The number of H-pyrrole nitrogens is 1. The zero-order valence-corrected chi connectivity index (χ0v) is 13.4. The molecular formula is C14H20N4O3S. The molecule has 3 N–H and O–H groups in total. The molecule has 0 saturated heterocycles. The molecule has 22 heavy (non-hydrogen) atoms. The molecule has 0 atom stereocenters. The van der Waals surface area contributed by atoms with Crippen molar-refractivity contribution in [1.29, 1.82) is 0 Å². The lowest BCUT2D eigenvalue weighted by Crippen LogP contribution is -2.42. The lowest BCUT2D eigenvalue weighted by molar-refractivity contribution is -0.119. The highest BCUT2D eigenvalue weighted by Crippen LogP contribution is 2.17. The molecule has 0 aliphatic rings. The van der Waals surface area contributed by atoms with E-state index in [-0.39, 0.29) is 12.5 Å². The van der Waals surface area contributed by atoms with Crippen LogP contribution in [0.5, 0.6) is 0 Å². The summed E-state index contributed by atoms with van der Waals surface area (Å²) in [6, 6.07) is 7.94. The molecule has 8 heteroatoms. The van der Waals surface area contributed by atoms with Gasteiger partial charge in [-0.25, -0.2) is 0 Å². The van der Waals surface area contributed by atoms with Gasteiger partial charge in [-0.2, -0.15) is 17.4 Å². The monoisotopic (exact) mass is 324 g/mol. The SMILES string of the molecule is CN(C)S(=O)(=O)NCC(=O)NCCc1c[nH]c2ccccc12. The maximum Gasteiger partial charge on any atom is 0.279 e. The number of nitrogens with one attached hydrogen (secondary N) is 3. The maximum atomic E-state index is 11.6. The maximum absolute atomic E-state index is 11.6. The summed E-state index contributed by atoms with van der Waals surface area (Å²) in [5.41, 5.74) is 2.17. The molecule has 2 aromatic rings. The Morgan fingerprint density at radius 2 is 2.00 bits per heavy atom. The Morgan fingerprint density at radius 1 is 1.27 bits per heavy atom. The van der Waals surface area contributed by atoms with Crippen molar-refractivity contribution in [2.45, 2.75) is 6.42 Å². The van der Waals surface area contributed by atoms with E-state index in [2.05, 4.69) is 15.0 Å². The third kappa shape index (κ3) is 4.06. The molecule has 1 amide bonds. The van der Waals surface area contributed by atoms with E-state index in [1.807, 2.05) is 30.5 Å². The Labute approximate surface area is 129 Å². The second kappa shape index (κ2) is 6.91. The van der Waals surface area contributed by atoms with Crippen LogP contribution in [0, 0.1) is 0 Å². The number of benzene rings is 1. The van der Waals surface area contributed by atoms with Crippen LogP contribution >= 0.6 is 0 Å². The molecule has 0 fully saturated rings. The summed E-state index contributed by atoms with van der Waals surface area (Å²) in [5, 5.41) is 3.83. The van der Waals surface area contributed by atoms with Gasteiger partial charge in [0.1, 0.15) is 0 Å². The highest BCUT2D eigenvalue weighted by Gasteiger charge is 2.14. The fourth-order valence-electron chi connectivity index (χ4n) is 2.02. The van der Waals surface area contributed by atoms with Crippen LogP contribution in [0.2, 0.25) is 0 Å². The van der Waals surface area contributed by atoms with Gasteiger partial charge in [0.05, 0.1) is 6.54 Å². The van der Waals surface area contributed by atoms with Crippen molar-refractivity contribution >= 4 is 27.0 Å². The van der Waals surface area contributed by atoms with Gasteiger partial charge in [-0.05, 0) is 18.1 Å². The molecule has 120 valence electrons. The second-order valence-electron chi connectivity index (χ2n) is 5.07. The van der Waals surface area contributed by atoms with Gasteiger partial charge in [0.15, 0.2) is 0 Å². The summed E-state index contributed by atoms with van der Waals surface area (Å²) in [5.74, 6) is -0.356. The van der Waals surface area contributed by atoms with E-state index in [0.29, 0.717) is 13.0 Å². The van der Waals surface area contributed by atoms with Crippen LogP contribution in [0.4, 0.5) is 0 Å². The first-order chi connectivity index (χ1) is 10.4. The minimum absolute atomic E-state index is 0.269. The zero-order valence-electron chi connectivity index (χ0n) is 12.6. The van der Waals surface area contributed by atoms with Crippen LogP contribution in [0.1, 0.15) is 5.56 Å². The van der Waals surface area contributed by atoms with Gasteiger partial charge in [-0.15, -0.1) is 0 Å². The van der Waals surface area contributed by atoms with Crippen molar-refractivity contribution in [1.82, 2.24) is 19.3 Å². The Bertz CT molecular complexity index is 752. The standard InChI is InChI=1S/C14H20N4O3S/c1-18(2)22(20,21)17-10-14(19)15-8-7-11-9-16-13-6-4-3-5-12(11)13/h3-6,9,16-17H,7-8,10H2,1-2H3,(H,15,19). The number of carbonyl (C=O) groups excluding carboxylic acids is 1. The van der Waals surface area contributed by atoms with Crippen molar-refractivity contribution in [2.24, 2.45) is 0 Å². The number of para-hydroxylation sites is 1. The van der Waals surface area contributed by atoms with E-state index in [1.54, 1.807) is 0 Å². The first-order valence-electron chi connectivity index (χ1n) is 6.89. The minimum Gasteiger partial charge on any atom is -0.361 e. The predicted octanol–water partition coefficient (Wildman–Crippen LogP) is 0.223. The second-order valence-corrected chi connectivity index (χ2v) is 7.04. The summed E-state index contributed by atoms with van der Waals surface area (Å²) in [7, 11) is -0.773. The highest BCUT2D eigenvalue weighted by molar-refractivity contribution is 7.87. The van der Waals surface area contributed by atoms with E-state index >= 15 is 0 Å². The molecule has 0 bridgehead atoms. The van der Waals surface area contributed by atoms with Crippen LogP contribution in [0.15, 0.2) is 30.5 Å². The van der Waals surface area contributed by atoms with Crippen molar-refractivity contribution in [3.05, 3.63) is 36.0 Å². The molecule has 0 aliphatic heterocycles. The van der Waals surface area contributed by atoms with E-state index in [9.17, 15) is 13.2 Å². The molecule has 1 heterocycles. The molecule has 7 nitrogen and oxygen atoms in total. The number of amides is 1. The molecule has 0 spiro atoms. The Kier molecular flexibility index (Phi) is 5.17. The zero-order chi connectivity index (χ0) is 16.2. The summed E-state index contributed by atoms with van der Waals surface area (Å²) in [4.78, 5) is 14.8. The topological polar surface area (TPSA) is 94.3 Å². The molecule has 0 saturated carbocycles. The first-order valence-corrected chi connectivity index (χ1v) is 8.33. The third-order valence-corrected chi connectivity index (χ3v) is 4.76. The quantitative estimate of drug-likeness (QED) is 0.680. The van der Waals surface area contributed by atoms with Gasteiger partial charge in [-0.3, -0.25) is 4.79 Å². The number of nitrogens with zero attached hydrogens (tertiary/aromatic N) is 1. The number of rotatable bonds is 7. The van der Waals surface area contributed by atoms with Crippen molar-refractivity contribution in [3.8, 4) is 0 Å². The van der Waals surface area contributed by atoms with Crippen LogP contribution in [-0.4, -0.2) is 50.8 Å². The highest BCUT2D eigenvalue weighted by atomic mass is 32.2. The molecule has 1 aromatic carbocycles. The number of aromatic nitrogens is 1. The van der Waals surface area contributed by atoms with Crippen LogP contribution < -0.4 is 10.0 Å². The normalized spacial score (nSPS) is 12.0. The van der Waals surface area contributed by atoms with Crippen molar-refractivity contribution in [2.75, 3.05) is 27.2 Å². The van der Waals surface area contributed by atoms with Gasteiger partial charge in [0.2, 0.25) is 5.91 Å². The van der Waals surface area contributed by atoms with E-state index in [1.165, 1.54) is 14.1 Å². The molecule has 0 aliphatic carbocycles. The summed E-state index contributed by atoms with van der Waals surface area (Å²) in [6.07, 6.45) is 2.60. The average molecular weight is 324 g/mol. The number of fused-ring (bicyclic) bond motifs is 1. The lowest BCUT2D eigenvalue weighted by Gasteiger charge is -2.12. The number of aromatic amines is 1. The number of carbonyl (C=O) groups is 1. The molecular weight excluding hydrogens is 304 g/mol.